The van der Waals surface area contributed by atoms with Crippen molar-refractivity contribution in [2.45, 2.75) is 43.2 Å². The van der Waals surface area contributed by atoms with Crippen LogP contribution < -0.4 is 5.32 Å². The monoisotopic (exact) mass is 535 g/mol. The minimum Gasteiger partial charge on any atom is -0.475 e. The maximum Gasteiger partial charge on any atom is 0.490 e. The molecular weight excluding hydrogens is 503 g/mol. The summed E-state index contributed by atoms with van der Waals surface area (Å²) in [6.07, 6.45) is 2.90. The maximum atomic E-state index is 12.8. The average Bonchev–Trinajstić information content (AvgIpc) is 3.17. The van der Waals surface area contributed by atoms with E-state index in [1.54, 1.807) is 12.4 Å². The summed E-state index contributed by atoms with van der Waals surface area (Å²) in [4.78, 5) is 46.4. The molecule has 1 saturated heterocycles. The molecule has 1 aromatic heterocycles. The molecule has 4 rings (SSSR count). The molecule has 1 aliphatic heterocycles. The van der Waals surface area contributed by atoms with Crippen molar-refractivity contribution in [2.75, 3.05) is 40.3 Å². The highest BCUT2D eigenvalue weighted by atomic mass is 19.4. The van der Waals surface area contributed by atoms with Crippen LogP contribution in [0, 0.1) is 0 Å². The van der Waals surface area contributed by atoms with Crippen LogP contribution in [-0.4, -0.2) is 89.1 Å². The van der Waals surface area contributed by atoms with Crippen molar-refractivity contribution in [3.05, 3.63) is 59.7 Å². The summed E-state index contributed by atoms with van der Waals surface area (Å²) in [7, 11) is 4.01. The van der Waals surface area contributed by atoms with E-state index in [0.29, 0.717) is 31.7 Å². The molecule has 2 amide bonds. The van der Waals surface area contributed by atoms with Gasteiger partial charge in [0.05, 0.1) is 6.20 Å². The fraction of sp³-hybridized carbons (Fsp3) is 0.500. The second kappa shape index (κ2) is 12.3. The molecular formula is C26H32F3N5O4. The van der Waals surface area contributed by atoms with Crippen LogP contribution in [0.1, 0.15) is 53.2 Å². The smallest absolute Gasteiger partial charge is 0.475 e. The van der Waals surface area contributed by atoms with E-state index in [2.05, 4.69) is 44.5 Å². The lowest BCUT2D eigenvalue weighted by Crippen LogP contribution is -2.44. The number of piperidine rings is 1. The molecule has 38 heavy (non-hydrogen) atoms. The van der Waals surface area contributed by atoms with Gasteiger partial charge < -0.3 is 20.2 Å². The van der Waals surface area contributed by atoms with Crippen molar-refractivity contribution in [3.8, 4) is 0 Å². The Labute approximate surface area is 219 Å². The van der Waals surface area contributed by atoms with Gasteiger partial charge in [-0.15, -0.1) is 0 Å². The number of hydrogen-bond acceptors (Lipinski definition) is 6. The first kappa shape index (κ1) is 29.0. The summed E-state index contributed by atoms with van der Waals surface area (Å²) in [5, 5.41) is 10.2. The maximum absolute atomic E-state index is 12.8. The Morgan fingerprint density at radius 1 is 1.16 bits per heavy atom. The lowest BCUT2D eigenvalue weighted by Gasteiger charge is -2.40. The number of carbonyl (C=O) groups excluding carboxylic acids is 2. The van der Waals surface area contributed by atoms with Gasteiger partial charge in [0, 0.05) is 45.0 Å². The minimum atomic E-state index is -5.08. The molecule has 1 fully saturated rings. The summed E-state index contributed by atoms with van der Waals surface area (Å²) >= 11 is 0. The summed E-state index contributed by atoms with van der Waals surface area (Å²) < 4.78 is 31.7. The first-order chi connectivity index (χ1) is 17.9. The van der Waals surface area contributed by atoms with Crippen molar-refractivity contribution in [3.63, 3.8) is 0 Å². The topological polar surface area (TPSA) is 116 Å². The van der Waals surface area contributed by atoms with Crippen molar-refractivity contribution in [1.29, 1.82) is 0 Å². The van der Waals surface area contributed by atoms with E-state index < -0.39 is 12.1 Å². The summed E-state index contributed by atoms with van der Waals surface area (Å²) in [5.41, 5.74) is 3.12. The number of amides is 2. The Kier molecular flexibility index (Phi) is 9.42. The lowest BCUT2D eigenvalue weighted by atomic mass is 9.73. The number of likely N-dealkylation sites (N-methyl/N-ethyl adjacent to an activating group) is 1. The SMILES string of the molecule is CN(C)CCNC(=O)CC1CC2(CCN(C(=O)c3cnccn3)CC2)c2ccccc21.O=C(O)C(F)(F)F. The molecule has 2 aromatic rings. The minimum absolute atomic E-state index is 0.0460. The van der Waals surface area contributed by atoms with Gasteiger partial charge in [0.2, 0.25) is 5.91 Å². The second-order valence-corrected chi connectivity index (χ2v) is 9.81. The van der Waals surface area contributed by atoms with Crippen molar-refractivity contribution >= 4 is 17.8 Å². The third-order valence-electron chi connectivity index (χ3n) is 6.95. The van der Waals surface area contributed by atoms with Crippen molar-refractivity contribution in [2.24, 2.45) is 0 Å². The van der Waals surface area contributed by atoms with Crippen LogP contribution in [-0.2, 0) is 15.0 Å². The molecule has 1 unspecified atom stereocenters. The van der Waals surface area contributed by atoms with E-state index in [4.69, 9.17) is 9.90 Å². The molecule has 12 heteroatoms. The number of likely N-dealkylation sites (tertiary alicyclic amines) is 1. The number of alkyl halides is 3. The highest BCUT2D eigenvalue weighted by Gasteiger charge is 2.46. The van der Waals surface area contributed by atoms with Crippen LogP contribution in [0.5, 0.6) is 0 Å². The van der Waals surface area contributed by atoms with Gasteiger partial charge in [0.25, 0.3) is 5.91 Å². The Hall–Kier alpha value is -3.54. The normalized spacial score (nSPS) is 17.9. The Bertz CT molecular complexity index is 1120. The number of benzene rings is 1. The van der Waals surface area contributed by atoms with Crippen molar-refractivity contribution in [1.82, 2.24) is 25.1 Å². The number of aromatic nitrogens is 2. The van der Waals surface area contributed by atoms with Gasteiger partial charge in [-0.2, -0.15) is 13.2 Å². The average molecular weight is 536 g/mol. The summed E-state index contributed by atoms with van der Waals surface area (Å²) in [6.45, 7) is 2.91. The van der Waals surface area contributed by atoms with Crippen molar-refractivity contribution < 1.29 is 32.7 Å². The molecule has 206 valence electrons. The van der Waals surface area contributed by atoms with E-state index >= 15 is 0 Å². The fourth-order valence-electron chi connectivity index (χ4n) is 5.11. The number of nitrogens with one attached hydrogen (secondary N) is 1. The van der Waals surface area contributed by atoms with Crippen LogP contribution in [0.2, 0.25) is 0 Å². The van der Waals surface area contributed by atoms with Gasteiger partial charge >= 0.3 is 12.1 Å². The number of aliphatic carboxylic acids is 1. The number of carboxylic acid groups (broad SMARTS) is 1. The van der Waals surface area contributed by atoms with Gasteiger partial charge in [-0.25, -0.2) is 9.78 Å². The summed E-state index contributed by atoms with van der Waals surface area (Å²) in [6, 6.07) is 8.57. The molecule has 2 N–H and O–H groups in total. The van der Waals surface area contributed by atoms with E-state index in [1.165, 1.54) is 17.3 Å². The van der Waals surface area contributed by atoms with Gasteiger partial charge in [-0.05, 0) is 55.8 Å². The standard InChI is InChI=1S/C24H31N5O2.C2HF3O2/c1-28(2)14-11-27-22(30)15-18-16-24(20-6-4-3-5-19(18)20)7-12-29(13-8-24)23(31)21-17-25-9-10-26-21;3-2(4,5)1(6)7/h3-6,9-10,17-18H,7-8,11-16H2,1-2H3,(H,27,30);(H,6,7). The highest BCUT2D eigenvalue weighted by Crippen LogP contribution is 2.52. The number of halogens is 3. The van der Waals surface area contributed by atoms with E-state index in [1.807, 2.05) is 19.0 Å². The number of nitrogens with zero attached hydrogens (tertiary/aromatic N) is 4. The molecule has 9 nitrogen and oxygen atoms in total. The molecule has 0 saturated carbocycles. The van der Waals surface area contributed by atoms with Crippen LogP contribution in [0.4, 0.5) is 13.2 Å². The van der Waals surface area contributed by atoms with E-state index in [9.17, 15) is 22.8 Å². The second-order valence-electron chi connectivity index (χ2n) is 9.81. The molecule has 2 aliphatic rings. The molecule has 2 heterocycles. The van der Waals surface area contributed by atoms with Crippen LogP contribution in [0.15, 0.2) is 42.9 Å². The number of rotatable bonds is 6. The van der Waals surface area contributed by atoms with Gasteiger partial charge in [-0.1, -0.05) is 24.3 Å². The Morgan fingerprint density at radius 3 is 2.39 bits per heavy atom. The van der Waals surface area contributed by atoms with Crippen LogP contribution in [0.3, 0.4) is 0 Å². The van der Waals surface area contributed by atoms with E-state index in [-0.39, 0.29) is 23.1 Å². The third-order valence-corrected chi connectivity index (χ3v) is 6.95. The Morgan fingerprint density at radius 2 is 1.82 bits per heavy atom. The number of carboxylic acids is 1. The van der Waals surface area contributed by atoms with E-state index in [0.717, 1.165) is 25.8 Å². The number of fused-ring (bicyclic) bond motifs is 2. The fourth-order valence-corrected chi connectivity index (χ4v) is 5.11. The largest absolute Gasteiger partial charge is 0.490 e. The third kappa shape index (κ3) is 7.27. The zero-order chi connectivity index (χ0) is 27.9. The number of carbonyl (C=O) groups is 3. The predicted octanol–water partition coefficient (Wildman–Crippen LogP) is 2.84. The molecule has 1 atom stereocenters. The van der Waals surface area contributed by atoms with Gasteiger partial charge in [-0.3, -0.25) is 14.6 Å². The first-order valence-electron chi connectivity index (χ1n) is 12.3. The zero-order valence-corrected chi connectivity index (χ0v) is 21.4. The molecule has 1 aliphatic carbocycles. The predicted molar refractivity (Wildman–Crippen MR) is 133 cm³/mol. The lowest BCUT2D eigenvalue weighted by molar-refractivity contribution is -0.192. The number of hydrogen-bond donors (Lipinski definition) is 2. The van der Waals surface area contributed by atoms with Crippen LogP contribution in [0.25, 0.3) is 0 Å². The molecule has 1 spiro atoms. The van der Waals surface area contributed by atoms with Crippen LogP contribution >= 0.6 is 0 Å². The first-order valence-corrected chi connectivity index (χ1v) is 12.3. The molecule has 1 aromatic carbocycles. The highest BCUT2D eigenvalue weighted by molar-refractivity contribution is 5.92. The molecule has 0 bridgehead atoms. The summed E-state index contributed by atoms with van der Waals surface area (Å²) in [5.74, 6) is -2.45. The Balaban J connectivity index is 0.000000505. The zero-order valence-electron chi connectivity index (χ0n) is 21.4. The van der Waals surface area contributed by atoms with Gasteiger partial charge in [0.1, 0.15) is 5.69 Å². The van der Waals surface area contributed by atoms with Gasteiger partial charge in [0.15, 0.2) is 0 Å². The quantitative estimate of drug-likeness (QED) is 0.585. The molecule has 0 radical (unpaired) electrons.